The van der Waals surface area contributed by atoms with E-state index in [-0.39, 0.29) is 24.8 Å². The molecule has 0 heterocycles. The Morgan fingerprint density at radius 1 is 0.690 bits per heavy atom. The molecule has 0 fully saturated rings. The van der Waals surface area contributed by atoms with Crippen LogP contribution in [0.2, 0.25) is 0 Å². The van der Waals surface area contributed by atoms with Gasteiger partial charge in [-0.3, -0.25) is 0 Å². The van der Waals surface area contributed by atoms with Crippen LogP contribution < -0.4 is 34.3 Å². The Morgan fingerprint density at radius 3 is 1.55 bits per heavy atom. The van der Waals surface area contributed by atoms with E-state index in [1.54, 1.807) is 20.9 Å². The van der Waals surface area contributed by atoms with Gasteiger partial charge in [-0.1, -0.05) is 0 Å². The molecule has 2 nitrogen and oxygen atoms in total. The third-order valence-corrected chi connectivity index (χ3v) is 10.5. The van der Waals surface area contributed by atoms with Crippen LogP contribution in [-0.4, -0.2) is 14.2 Å². The first-order valence-electron chi connectivity index (χ1n) is 9.14. The van der Waals surface area contributed by atoms with Crippen LogP contribution >= 0.6 is 0 Å². The van der Waals surface area contributed by atoms with Crippen molar-refractivity contribution >= 4 is 11.1 Å². The van der Waals surface area contributed by atoms with Crippen LogP contribution in [0.5, 0.6) is 11.5 Å². The van der Waals surface area contributed by atoms with E-state index in [1.165, 1.54) is 22.3 Å². The molecule has 0 amide bonds. The summed E-state index contributed by atoms with van der Waals surface area (Å²) in [5.74, 6) is 1.85. The summed E-state index contributed by atoms with van der Waals surface area (Å²) in [6.07, 6.45) is 11.4. The molecule has 2 aliphatic carbocycles. The van der Waals surface area contributed by atoms with Gasteiger partial charge in [-0.05, 0) is 0 Å². The first kappa shape index (κ1) is 23.7. The van der Waals surface area contributed by atoms with Gasteiger partial charge in [0.2, 0.25) is 0 Å². The van der Waals surface area contributed by atoms with E-state index in [2.05, 4.69) is 60.7 Å². The quantitative estimate of drug-likeness (QED) is 0.435. The van der Waals surface area contributed by atoms with E-state index < -0.39 is 22.9 Å². The van der Waals surface area contributed by atoms with Gasteiger partial charge in [-0.15, -0.1) is 0 Å². The number of hydrogen-bond acceptors (Lipinski definition) is 2. The molecule has 0 saturated heterocycles. The molecule has 29 heavy (non-hydrogen) atoms. The number of methoxy groups -OCH3 is 2. The smallest absolute Gasteiger partial charge is 1.00 e. The van der Waals surface area contributed by atoms with Gasteiger partial charge in [0.25, 0.3) is 0 Å². The predicted octanol–water partition coefficient (Wildman–Crippen LogP) is -0.163. The van der Waals surface area contributed by atoms with Crippen LogP contribution in [0, 0.1) is 0 Å². The minimum Gasteiger partial charge on any atom is -1.00 e. The van der Waals surface area contributed by atoms with Gasteiger partial charge < -0.3 is 24.8 Å². The first-order valence-corrected chi connectivity index (χ1v) is 12.7. The molecule has 0 N–H and O–H groups in total. The second-order valence-electron chi connectivity index (χ2n) is 6.59. The molecular weight excluding hydrogens is 570 g/mol. The molecule has 0 bridgehead atoms. The Bertz CT molecular complexity index is 910. The van der Waals surface area contributed by atoms with Gasteiger partial charge in [0.1, 0.15) is 0 Å². The van der Waals surface area contributed by atoms with Gasteiger partial charge in [0, 0.05) is 0 Å². The monoisotopic (exact) mass is 592 g/mol. The molecule has 0 radical (unpaired) electrons. The summed E-state index contributed by atoms with van der Waals surface area (Å²) in [6, 6.07) is 16.9. The maximum atomic E-state index is 5.42. The van der Waals surface area contributed by atoms with E-state index in [4.69, 9.17) is 9.47 Å². The van der Waals surface area contributed by atoms with Crippen LogP contribution in [-0.2, 0) is 22.9 Å². The molecule has 2 aromatic rings. The van der Waals surface area contributed by atoms with Crippen molar-refractivity contribution in [3.8, 4) is 11.5 Å². The topological polar surface area (TPSA) is 18.5 Å². The van der Waals surface area contributed by atoms with Crippen LogP contribution in [0.1, 0.15) is 24.0 Å². The number of benzene rings is 2. The number of rotatable bonds is 6. The standard InChI is InChI=1S/2C12H11O.2ClH.Hf/c2*1-13-12-8-4-7-11(9-12)10-5-2-3-6-10;;;/h2*2,4-5,7-9H,3H2,1H3;2*1H;/q;;;;+2/p-2. The maximum Gasteiger partial charge on any atom is -1.00 e. The Morgan fingerprint density at radius 2 is 1.14 bits per heavy atom. The molecule has 0 aliphatic heterocycles. The molecule has 148 valence electrons. The summed E-state index contributed by atoms with van der Waals surface area (Å²) in [7, 11) is 3.46. The Kier molecular flexibility index (Phi) is 9.01. The first-order chi connectivity index (χ1) is 13.3. The van der Waals surface area contributed by atoms with Crippen molar-refractivity contribution in [2.75, 3.05) is 14.2 Å². The Balaban J connectivity index is 0.00000150. The van der Waals surface area contributed by atoms with Crippen molar-refractivity contribution in [1.29, 1.82) is 0 Å². The van der Waals surface area contributed by atoms with Gasteiger partial charge in [-0.25, -0.2) is 0 Å². The summed E-state index contributed by atoms with van der Waals surface area (Å²) in [6.45, 7) is 0. The van der Waals surface area contributed by atoms with Crippen LogP contribution in [0.15, 0.2) is 79.5 Å². The summed E-state index contributed by atoms with van der Waals surface area (Å²) in [4.78, 5) is 0. The fourth-order valence-corrected chi connectivity index (χ4v) is 9.04. The number of ether oxygens (including phenoxy) is 2. The summed E-state index contributed by atoms with van der Waals surface area (Å²) in [5, 5.41) is 0. The van der Waals surface area contributed by atoms with E-state index in [0.717, 1.165) is 24.3 Å². The molecule has 0 unspecified atom stereocenters. The van der Waals surface area contributed by atoms with Crippen molar-refractivity contribution in [2.24, 2.45) is 0 Å². The van der Waals surface area contributed by atoms with Crippen molar-refractivity contribution in [2.45, 2.75) is 12.8 Å². The van der Waals surface area contributed by atoms with Crippen LogP contribution in [0.3, 0.4) is 0 Å². The zero-order chi connectivity index (χ0) is 18.6. The summed E-state index contributed by atoms with van der Waals surface area (Å²) in [5.41, 5.74) is 5.39. The van der Waals surface area contributed by atoms with Crippen molar-refractivity contribution in [3.05, 3.63) is 90.6 Å². The zero-order valence-corrected chi connectivity index (χ0v) is 21.5. The fraction of sp³-hybridized carbons (Fsp3) is 0.167. The van der Waals surface area contributed by atoms with Crippen molar-refractivity contribution < 1.29 is 57.2 Å². The van der Waals surface area contributed by atoms with Gasteiger partial charge in [-0.2, -0.15) is 0 Å². The predicted molar refractivity (Wildman–Crippen MR) is 107 cm³/mol. The number of allylic oxidation sites excluding steroid dienone is 8. The van der Waals surface area contributed by atoms with Crippen LogP contribution in [0.4, 0.5) is 0 Å². The number of hydrogen-bond donors (Lipinski definition) is 0. The van der Waals surface area contributed by atoms with Gasteiger partial charge >= 0.3 is 173 Å². The molecule has 0 spiro atoms. The average Bonchev–Trinajstić information content (AvgIpc) is 3.38. The van der Waals surface area contributed by atoms with E-state index in [0.29, 0.717) is 0 Å². The zero-order valence-electron chi connectivity index (χ0n) is 16.4. The second kappa shape index (κ2) is 11.0. The minimum absolute atomic E-state index is 0. The van der Waals surface area contributed by atoms with Gasteiger partial charge in [0.15, 0.2) is 0 Å². The van der Waals surface area contributed by atoms with Crippen molar-refractivity contribution in [3.63, 3.8) is 0 Å². The normalized spacial score (nSPS) is 14.4. The Labute approximate surface area is 196 Å². The fourth-order valence-electron chi connectivity index (χ4n) is 3.55. The van der Waals surface area contributed by atoms with E-state index >= 15 is 0 Å². The SMILES string of the molecule is COc1cccc(C2=[C]([Hf+2][C]3=C(c4cccc(OC)c4)C=CC3)CC=C2)c1.[Cl-].[Cl-]. The largest absolute Gasteiger partial charge is 1.00 e. The molecular formula is C24H22Cl2HfO2. The summed E-state index contributed by atoms with van der Waals surface area (Å²) < 4.78 is 14.2. The number of halogens is 2. The second-order valence-corrected chi connectivity index (χ2v) is 11.8. The van der Waals surface area contributed by atoms with E-state index in [1.807, 2.05) is 12.1 Å². The third kappa shape index (κ3) is 5.33. The molecule has 5 heteroatoms. The molecule has 2 aliphatic rings. The molecule has 0 saturated carbocycles. The molecule has 0 aromatic heterocycles. The van der Waals surface area contributed by atoms with E-state index in [9.17, 15) is 0 Å². The maximum absolute atomic E-state index is 5.42. The molecule has 0 atom stereocenters. The van der Waals surface area contributed by atoms with Gasteiger partial charge in [0.05, 0.1) is 0 Å². The molecule has 4 rings (SSSR count). The minimum atomic E-state index is -1.10. The molecule has 2 aromatic carbocycles. The van der Waals surface area contributed by atoms with Crippen LogP contribution in [0.25, 0.3) is 11.1 Å². The average molecular weight is 592 g/mol. The third-order valence-electron chi connectivity index (χ3n) is 4.93. The Hall–Kier alpha value is -1.55. The summed E-state index contributed by atoms with van der Waals surface area (Å²) >= 11 is -1.10. The van der Waals surface area contributed by atoms with Crippen molar-refractivity contribution in [1.82, 2.24) is 0 Å².